The average molecular weight is 344 g/mol. The van der Waals surface area contributed by atoms with Crippen molar-refractivity contribution in [3.8, 4) is 5.75 Å². The molecule has 1 nitrogen and oxygen atoms in total. The van der Waals surface area contributed by atoms with Crippen molar-refractivity contribution in [2.24, 2.45) is 0 Å². The van der Waals surface area contributed by atoms with Crippen LogP contribution < -0.4 is 4.74 Å². The van der Waals surface area contributed by atoms with E-state index < -0.39 is 15.1 Å². The van der Waals surface area contributed by atoms with Gasteiger partial charge in [-0.25, -0.2) is 0 Å². The fourth-order valence-electron chi connectivity index (χ4n) is 1.83. The molecule has 0 aliphatic carbocycles. The van der Waals surface area contributed by atoms with Crippen LogP contribution in [0.4, 0.5) is 19.4 Å². The Bertz CT molecular complexity index is 550. The molecule has 0 fully saturated rings. The van der Waals surface area contributed by atoms with Gasteiger partial charge < -0.3 is 4.74 Å². The largest absolute Gasteiger partial charge is 0.494 e. The van der Waals surface area contributed by atoms with Gasteiger partial charge in [-0.2, -0.15) is 0 Å². The van der Waals surface area contributed by atoms with Gasteiger partial charge in [-0.15, -0.1) is 0 Å². The summed E-state index contributed by atoms with van der Waals surface area (Å²) in [5, 5.41) is 0. The molecule has 1 aromatic carbocycles. The van der Waals surface area contributed by atoms with Crippen LogP contribution in [0.3, 0.4) is 0 Å². The van der Waals surface area contributed by atoms with Crippen LogP contribution in [0.5, 0.6) is 5.75 Å². The summed E-state index contributed by atoms with van der Waals surface area (Å²) in [7, 11) is -9.74. The van der Waals surface area contributed by atoms with E-state index in [4.69, 9.17) is 4.74 Å². The van der Waals surface area contributed by atoms with E-state index in [-0.39, 0.29) is 17.9 Å². The molecule has 22 heavy (non-hydrogen) atoms. The van der Waals surface area contributed by atoms with Gasteiger partial charge in [0, 0.05) is 6.07 Å². The smallest absolute Gasteiger partial charge is 0.310 e. The SMILES string of the molecule is C=C(CC)c1cc(OCCCCC)cc(S(F)(F)(F)(F)F)c1. The molecule has 0 spiro atoms. The lowest BCUT2D eigenvalue weighted by Crippen LogP contribution is -2.08. The van der Waals surface area contributed by atoms with Crippen molar-refractivity contribution in [3.63, 3.8) is 0 Å². The Morgan fingerprint density at radius 1 is 1.05 bits per heavy atom. The lowest BCUT2D eigenvalue weighted by molar-refractivity contribution is 0.303. The van der Waals surface area contributed by atoms with E-state index >= 15 is 0 Å². The van der Waals surface area contributed by atoms with Gasteiger partial charge in [0.25, 0.3) is 0 Å². The molecule has 1 rings (SSSR count). The quantitative estimate of drug-likeness (QED) is 0.354. The van der Waals surface area contributed by atoms with Crippen LogP contribution in [-0.2, 0) is 0 Å². The highest BCUT2D eigenvalue weighted by Gasteiger charge is 2.65. The summed E-state index contributed by atoms with van der Waals surface area (Å²) in [5.41, 5.74) is 0.376. The number of unbranched alkanes of at least 4 members (excludes halogenated alkanes) is 2. The molecule has 0 N–H and O–H groups in total. The second kappa shape index (κ2) is 5.76. The Hall–Kier alpha value is -1.24. The third-order valence-electron chi connectivity index (χ3n) is 3.18. The van der Waals surface area contributed by atoms with Crippen LogP contribution in [0.15, 0.2) is 29.7 Å². The zero-order chi connectivity index (χ0) is 17.1. The molecule has 0 aromatic heterocycles. The first-order chi connectivity index (χ1) is 9.87. The van der Waals surface area contributed by atoms with Gasteiger partial charge in [0.1, 0.15) is 10.6 Å². The van der Waals surface area contributed by atoms with Gasteiger partial charge in [-0.05, 0) is 36.1 Å². The highest BCUT2D eigenvalue weighted by atomic mass is 32.5. The maximum absolute atomic E-state index is 13.0. The summed E-state index contributed by atoms with van der Waals surface area (Å²) in [6, 6.07) is 2.15. The zero-order valence-electron chi connectivity index (χ0n) is 12.7. The number of rotatable bonds is 8. The summed E-state index contributed by atoms with van der Waals surface area (Å²) in [6.07, 6.45) is 2.79. The van der Waals surface area contributed by atoms with Gasteiger partial charge in [-0.3, -0.25) is 0 Å². The van der Waals surface area contributed by atoms with Crippen LogP contribution in [0.1, 0.15) is 45.1 Å². The Kier molecular flexibility index (Phi) is 4.92. The molecule has 0 atom stereocenters. The van der Waals surface area contributed by atoms with Gasteiger partial charge in [-0.1, -0.05) is 52.7 Å². The van der Waals surface area contributed by atoms with Crippen molar-refractivity contribution in [1.82, 2.24) is 0 Å². The van der Waals surface area contributed by atoms with Crippen LogP contribution in [0.2, 0.25) is 0 Å². The van der Waals surface area contributed by atoms with Crippen molar-refractivity contribution in [3.05, 3.63) is 30.3 Å². The summed E-state index contributed by atoms with van der Waals surface area (Å²) in [4.78, 5) is -1.93. The van der Waals surface area contributed by atoms with Gasteiger partial charge in [0.2, 0.25) is 0 Å². The highest BCUT2D eigenvalue weighted by Crippen LogP contribution is 3.02. The minimum atomic E-state index is -9.74. The van der Waals surface area contributed by atoms with E-state index in [1.807, 2.05) is 6.92 Å². The Morgan fingerprint density at radius 3 is 2.18 bits per heavy atom. The number of hydrogen-bond acceptors (Lipinski definition) is 1. The standard InChI is InChI=1S/C15H21F5OS/c1-4-6-7-8-21-14-9-13(12(3)5-2)10-15(11-14)22(16,17,18,19)20/h9-11H,3-8H2,1-2H3. The second-order valence-electron chi connectivity index (χ2n) is 5.17. The molecule has 0 saturated carbocycles. The molecular weight excluding hydrogens is 323 g/mol. The van der Waals surface area contributed by atoms with Gasteiger partial charge in [0.05, 0.1) is 6.61 Å². The molecule has 7 heteroatoms. The summed E-state index contributed by atoms with van der Waals surface area (Å²) >= 11 is 0. The lowest BCUT2D eigenvalue weighted by atomic mass is 10.1. The maximum Gasteiger partial charge on any atom is 0.310 e. The van der Waals surface area contributed by atoms with E-state index in [0.29, 0.717) is 30.5 Å². The molecule has 128 valence electrons. The van der Waals surface area contributed by atoms with Crippen LogP contribution >= 0.6 is 10.2 Å². The van der Waals surface area contributed by atoms with Crippen LogP contribution in [0, 0.1) is 0 Å². The molecular formula is C15H21F5OS. The molecule has 0 aliphatic rings. The third-order valence-corrected chi connectivity index (χ3v) is 4.30. The third kappa shape index (κ3) is 5.51. The van der Waals surface area contributed by atoms with Gasteiger partial charge >= 0.3 is 10.2 Å². The van der Waals surface area contributed by atoms with Crippen molar-refractivity contribution in [1.29, 1.82) is 0 Å². The van der Waals surface area contributed by atoms with Gasteiger partial charge in [0.15, 0.2) is 0 Å². The Balaban J connectivity index is 3.21. The summed E-state index contributed by atoms with van der Waals surface area (Å²) < 4.78 is 70.4. The minimum Gasteiger partial charge on any atom is -0.494 e. The van der Waals surface area contributed by atoms with E-state index in [1.54, 1.807) is 6.92 Å². The first-order valence-electron chi connectivity index (χ1n) is 7.07. The summed E-state index contributed by atoms with van der Waals surface area (Å²) in [5.74, 6) is -0.202. The van der Waals surface area contributed by atoms with E-state index in [1.165, 1.54) is 6.07 Å². The summed E-state index contributed by atoms with van der Waals surface area (Å²) in [6.45, 7) is 7.46. The zero-order valence-corrected chi connectivity index (χ0v) is 13.5. The number of ether oxygens (including phenoxy) is 1. The Labute approximate surface area is 127 Å². The average Bonchev–Trinajstić information content (AvgIpc) is 2.40. The maximum atomic E-state index is 13.0. The molecule has 0 aliphatic heterocycles. The first-order valence-corrected chi connectivity index (χ1v) is 9.02. The molecule has 0 saturated heterocycles. The number of allylic oxidation sites excluding steroid dienone is 1. The fourth-order valence-corrected chi connectivity index (χ4v) is 2.52. The molecule has 0 radical (unpaired) electrons. The van der Waals surface area contributed by atoms with Crippen LogP contribution in [-0.4, -0.2) is 6.61 Å². The van der Waals surface area contributed by atoms with Crippen molar-refractivity contribution >= 4 is 15.8 Å². The normalized spacial score (nSPS) is 15.0. The molecule has 0 amide bonds. The molecule has 0 bridgehead atoms. The lowest BCUT2D eigenvalue weighted by Gasteiger charge is -2.40. The van der Waals surface area contributed by atoms with Crippen molar-refractivity contribution < 1.29 is 24.2 Å². The number of hydrogen-bond donors (Lipinski definition) is 0. The Morgan fingerprint density at radius 2 is 1.68 bits per heavy atom. The van der Waals surface area contributed by atoms with Crippen molar-refractivity contribution in [2.75, 3.05) is 6.61 Å². The van der Waals surface area contributed by atoms with Crippen LogP contribution in [0.25, 0.3) is 5.57 Å². The molecule has 1 aromatic rings. The fraction of sp³-hybridized carbons (Fsp3) is 0.467. The highest BCUT2D eigenvalue weighted by molar-refractivity contribution is 8.45. The molecule has 0 unspecified atom stereocenters. The second-order valence-corrected chi connectivity index (χ2v) is 7.58. The molecule has 0 heterocycles. The van der Waals surface area contributed by atoms with Crippen molar-refractivity contribution in [2.45, 2.75) is 44.4 Å². The van der Waals surface area contributed by atoms with E-state index in [2.05, 4.69) is 6.58 Å². The predicted octanol–water partition coefficient (Wildman–Crippen LogP) is 7.34. The monoisotopic (exact) mass is 344 g/mol. The topological polar surface area (TPSA) is 9.23 Å². The van der Waals surface area contributed by atoms with E-state index in [0.717, 1.165) is 12.8 Å². The van der Waals surface area contributed by atoms with E-state index in [9.17, 15) is 19.4 Å². The first kappa shape index (κ1) is 18.8. The number of benzene rings is 1. The predicted molar refractivity (Wildman–Crippen MR) is 82.2 cm³/mol. The minimum absolute atomic E-state index is 0.0266. The number of halogens is 5.